The normalized spacial score (nSPS) is 12.1. The van der Waals surface area contributed by atoms with E-state index >= 15 is 0 Å². The van der Waals surface area contributed by atoms with Crippen LogP contribution < -0.4 is 29.5 Å². The first-order valence-corrected chi connectivity index (χ1v) is 25.6. The summed E-state index contributed by atoms with van der Waals surface area (Å²) in [4.78, 5) is 0. The minimum atomic E-state index is 0.992. The van der Waals surface area contributed by atoms with Gasteiger partial charge in [-0.15, -0.1) is 0 Å². The molecule has 3 heterocycles. The van der Waals surface area contributed by atoms with Crippen molar-refractivity contribution >= 4 is 44.6 Å². The molecule has 0 aliphatic carbocycles. The van der Waals surface area contributed by atoms with Crippen LogP contribution in [0, 0.1) is 0 Å². The number of hydrogen-bond acceptors (Lipinski definition) is 1. The minimum absolute atomic E-state index is 0.992. The van der Waals surface area contributed by atoms with Crippen LogP contribution in [0.15, 0.2) is 177 Å². The van der Waals surface area contributed by atoms with Gasteiger partial charge in [-0.1, -0.05) is 116 Å². The van der Waals surface area contributed by atoms with Crippen LogP contribution in [-0.4, -0.2) is 6.54 Å². The van der Waals surface area contributed by atoms with Gasteiger partial charge in [0.05, 0.1) is 0 Å². The van der Waals surface area contributed by atoms with E-state index in [1.807, 2.05) is 6.08 Å². The van der Waals surface area contributed by atoms with Crippen molar-refractivity contribution in [2.24, 2.45) is 0 Å². The fourth-order valence-electron chi connectivity index (χ4n) is 9.86. The van der Waals surface area contributed by atoms with Gasteiger partial charge in [-0.2, -0.15) is 0 Å². The number of aryl methyl sites for hydroxylation is 7. The monoisotopic (exact) mass is 886 g/mol. The molecule has 4 heteroatoms. The molecule has 0 atom stereocenters. The van der Waals surface area contributed by atoms with Gasteiger partial charge in [0.25, 0.3) is 0 Å². The number of aromatic nitrogens is 3. The van der Waals surface area contributed by atoms with Gasteiger partial charge >= 0.3 is 0 Å². The highest BCUT2D eigenvalue weighted by atomic mass is 14.9. The van der Waals surface area contributed by atoms with Gasteiger partial charge in [-0.05, 0) is 144 Å². The van der Waals surface area contributed by atoms with E-state index in [0.29, 0.717) is 0 Å². The molecule has 3 aromatic heterocycles. The van der Waals surface area contributed by atoms with Crippen LogP contribution in [0.1, 0.15) is 99.3 Å². The van der Waals surface area contributed by atoms with E-state index in [1.54, 1.807) is 22.3 Å². The Morgan fingerprint density at radius 1 is 0.373 bits per heavy atom. The molecule has 0 aliphatic heterocycles. The Morgan fingerprint density at radius 2 is 0.731 bits per heavy atom. The average Bonchev–Trinajstić information content (AvgIpc) is 3.36. The van der Waals surface area contributed by atoms with Crippen molar-refractivity contribution in [1.82, 2.24) is 5.32 Å². The Hall–Kier alpha value is -6.39. The fraction of sp³-hybridized carbons (Fsp3) is 0.317. The van der Waals surface area contributed by atoms with E-state index in [0.717, 1.165) is 32.6 Å². The standard InChI is InChI=1S/C63H73N4/c1-2-23-52-24-11-15-32-60(52)48-64-39-19-3-7-28-56-46-58(30-9-5-21-41-66-44-37-54-26-13-17-34-62(54)50-66)59(31-10-6-22-42-67-45-38-55-27-14-18-35-63(55)51-67)47-57(56)29-8-4-20-40-65-43-36-53-25-12-16-33-61(53)49-65/h2,11-18,23-27,32-38,43-51,64H,1,3-10,19-22,28-31,39-42H2/q+3/b52-23-,60-48-. The van der Waals surface area contributed by atoms with Crippen molar-refractivity contribution in [2.75, 3.05) is 6.54 Å². The minimum Gasteiger partial charge on any atom is -0.390 e. The topological polar surface area (TPSA) is 23.7 Å². The van der Waals surface area contributed by atoms with Crippen molar-refractivity contribution in [3.8, 4) is 0 Å². The van der Waals surface area contributed by atoms with E-state index in [4.69, 9.17) is 0 Å². The van der Waals surface area contributed by atoms with Crippen molar-refractivity contribution in [2.45, 2.75) is 122 Å². The zero-order valence-corrected chi connectivity index (χ0v) is 40.0. The van der Waals surface area contributed by atoms with Crippen LogP contribution in [0.2, 0.25) is 0 Å². The molecule has 8 aromatic rings. The van der Waals surface area contributed by atoms with Crippen molar-refractivity contribution in [1.29, 1.82) is 0 Å². The molecule has 4 nitrogen and oxygen atoms in total. The second-order valence-corrected chi connectivity index (χ2v) is 18.7. The molecule has 67 heavy (non-hydrogen) atoms. The zero-order valence-electron chi connectivity index (χ0n) is 40.0. The molecule has 5 aromatic carbocycles. The Balaban J connectivity index is 0.918. The SMILES string of the molecule is C=C/C=c1/cccc/c1=C/NCCCCCc1cc(CCCCC[n+]2ccc3ccccc3c2)c(CCCCC[n+]2ccc3ccccc3c2)cc1CCCCC[n+]1ccc2ccccc2c1. The number of fused-ring (bicyclic) bond motifs is 3. The molecule has 0 bridgehead atoms. The average molecular weight is 886 g/mol. The molecule has 0 saturated heterocycles. The van der Waals surface area contributed by atoms with Gasteiger partial charge in [-0.25, -0.2) is 13.7 Å². The summed E-state index contributed by atoms with van der Waals surface area (Å²) in [5, 5.41) is 13.9. The van der Waals surface area contributed by atoms with Crippen LogP contribution in [0.4, 0.5) is 0 Å². The Morgan fingerprint density at radius 3 is 1.13 bits per heavy atom. The summed E-state index contributed by atoms with van der Waals surface area (Å²) in [6.07, 6.45) is 39.2. The smallest absolute Gasteiger partial charge is 0.176 e. The molecule has 8 rings (SSSR count). The maximum atomic E-state index is 3.90. The number of benzene rings is 5. The number of pyridine rings is 3. The van der Waals surface area contributed by atoms with Gasteiger partial charge in [0, 0.05) is 66.4 Å². The summed E-state index contributed by atoms with van der Waals surface area (Å²) in [7, 11) is 0. The van der Waals surface area contributed by atoms with Crippen molar-refractivity contribution < 1.29 is 13.7 Å². The second-order valence-electron chi connectivity index (χ2n) is 18.7. The Bertz CT molecular complexity index is 2950. The molecule has 0 spiro atoms. The lowest BCUT2D eigenvalue weighted by Gasteiger charge is -2.18. The van der Waals surface area contributed by atoms with E-state index in [9.17, 15) is 0 Å². The first-order chi connectivity index (χ1) is 33.2. The molecule has 0 saturated carbocycles. The highest BCUT2D eigenvalue weighted by Gasteiger charge is 2.13. The summed E-state index contributed by atoms with van der Waals surface area (Å²) >= 11 is 0. The summed E-state index contributed by atoms with van der Waals surface area (Å²) < 4.78 is 7.14. The van der Waals surface area contributed by atoms with Gasteiger partial charge in [0.15, 0.2) is 37.2 Å². The molecule has 0 radical (unpaired) electrons. The van der Waals surface area contributed by atoms with Crippen LogP contribution in [-0.2, 0) is 45.3 Å². The molecule has 342 valence electrons. The number of hydrogen-bond donors (Lipinski definition) is 1. The molecule has 0 unspecified atom stereocenters. The van der Waals surface area contributed by atoms with Crippen LogP contribution in [0.25, 0.3) is 44.6 Å². The predicted octanol–water partition coefficient (Wildman–Crippen LogP) is 12.0. The number of allylic oxidation sites excluding steroid dienone is 1. The second kappa shape index (κ2) is 25.5. The zero-order chi connectivity index (χ0) is 45.7. The van der Waals surface area contributed by atoms with Crippen molar-refractivity contribution in [3.05, 3.63) is 210 Å². The molecule has 0 fully saturated rings. The van der Waals surface area contributed by atoms with Gasteiger partial charge in [0.2, 0.25) is 0 Å². The highest BCUT2D eigenvalue weighted by Crippen LogP contribution is 2.26. The summed E-state index contributed by atoms with van der Waals surface area (Å²) in [5.74, 6) is 0. The molecule has 0 amide bonds. The lowest BCUT2D eigenvalue weighted by atomic mass is 9.88. The summed E-state index contributed by atoms with van der Waals surface area (Å²) in [6.45, 7) is 8.11. The molecule has 0 aliphatic rings. The van der Waals surface area contributed by atoms with Gasteiger partial charge in [0.1, 0.15) is 19.6 Å². The predicted molar refractivity (Wildman–Crippen MR) is 282 cm³/mol. The first-order valence-electron chi connectivity index (χ1n) is 25.6. The molecular weight excluding hydrogens is 813 g/mol. The maximum Gasteiger partial charge on any atom is 0.176 e. The Kier molecular flexibility index (Phi) is 17.9. The lowest BCUT2D eigenvalue weighted by Crippen LogP contribution is -2.32. The van der Waals surface area contributed by atoms with Crippen LogP contribution >= 0.6 is 0 Å². The van der Waals surface area contributed by atoms with E-state index < -0.39 is 0 Å². The molecular formula is C63H73N4+3. The third kappa shape index (κ3) is 14.3. The molecule has 1 N–H and O–H groups in total. The van der Waals surface area contributed by atoms with Gasteiger partial charge in [-0.3, -0.25) is 0 Å². The number of unbranched alkanes of at least 4 members (excludes halogenated alkanes) is 8. The van der Waals surface area contributed by atoms with Crippen LogP contribution in [0.5, 0.6) is 0 Å². The summed E-state index contributed by atoms with van der Waals surface area (Å²) in [6, 6.07) is 46.7. The number of nitrogens with zero attached hydrogens (tertiary/aromatic N) is 3. The first kappa shape index (κ1) is 47.1. The fourth-order valence-corrected chi connectivity index (χ4v) is 9.86. The van der Waals surface area contributed by atoms with E-state index in [2.05, 4.69) is 202 Å². The quantitative estimate of drug-likeness (QED) is 0.0425. The van der Waals surface area contributed by atoms with E-state index in [-0.39, 0.29) is 0 Å². The highest BCUT2D eigenvalue weighted by molar-refractivity contribution is 5.81. The third-order valence-corrected chi connectivity index (χ3v) is 13.7. The summed E-state index contributed by atoms with van der Waals surface area (Å²) in [5.41, 5.74) is 6.44. The maximum absolute atomic E-state index is 3.90. The largest absolute Gasteiger partial charge is 0.390 e. The van der Waals surface area contributed by atoms with Crippen LogP contribution in [0.3, 0.4) is 0 Å². The van der Waals surface area contributed by atoms with E-state index in [1.165, 1.54) is 139 Å². The van der Waals surface area contributed by atoms with Gasteiger partial charge < -0.3 is 5.32 Å². The third-order valence-electron chi connectivity index (χ3n) is 13.7. The Labute approximate surface area is 400 Å². The number of nitrogens with one attached hydrogen (secondary N) is 1. The van der Waals surface area contributed by atoms with Crippen molar-refractivity contribution in [3.63, 3.8) is 0 Å². The lowest BCUT2D eigenvalue weighted by molar-refractivity contribution is -0.696. The number of rotatable bonds is 26.